The Balaban J connectivity index is -0.000000150. The van der Waals surface area contributed by atoms with Crippen molar-refractivity contribution in [1.82, 2.24) is 0 Å². The molecule has 0 aromatic rings. The molecule has 16 heteroatoms. The number of aliphatic carboxylic acids is 3. The molecule has 0 unspecified atom stereocenters. The topological polar surface area (TPSA) is 303 Å². The maximum absolute atomic E-state index is 9.25. The molecule has 0 radical (unpaired) electrons. The molecule has 0 aromatic heterocycles. The second-order valence-corrected chi connectivity index (χ2v) is 8.40. The Morgan fingerprint density at radius 1 is 0.512 bits per heavy atom. The van der Waals surface area contributed by atoms with Crippen LogP contribution in [0, 0.1) is 16.2 Å². The summed E-state index contributed by atoms with van der Waals surface area (Å²) in [6, 6.07) is 0. The maximum Gasteiger partial charge on any atom is 0.327 e. The van der Waals surface area contributed by atoms with Crippen molar-refractivity contribution >= 4 is 17.9 Å². The van der Waals surface area contributed by atoms with Crippen LogP contribution in [0.15, 0.2) is 38.0 Å². The first-order valence-electron chi connectivity index (χ1n) is 11.7. The van der Waals surface area contributed by atoms with Gasteiger partial charge in [0, 0.05) is 23.6 Å². The van der Waals surface area contributed by atoms with Crippen LogP contribution in [-0.4, -0.2) is 152 Å². The van der Waals surface area contributed by atoms with Gasteiger partial charge in [-0.3, -0.25) is 0 Å². The first-order chi connectivity index (χ1) is 19.1. The van der Waals surface area contributed by atoms with E-state index >= 15 is 0 Å². The van der Waals surface area contributed by atoms with Crippen LogP contribution in [0.25, 0.3) is 0 Å². The summed E-state index contributed by atoms with van der Waals surface area (Å²) >= 11 is 0. The van der Waals surface area contributed by atoms with E-state index in [0.717, 1.165) is 18.2 Å². The molecule has 0 heterocycles. The number of hydrogen-bond donors (Lipinski definition) is 12. The Bertz CT molecular complexity index is 586. The number of carboxylic acid groups (broad SMARTS) is 3. The van der Waals surface area contributed by atoms with E-state index in [2.05, 4.69) is 19.7 Å². The summed E-state index contributed by atoms with van der Waals surface area (Å²) in [4.78, 5) is 27.8. The fourth-order valence-electron chi connectivity index (χ4n) is 1.54. The lowest BCUT2D eigenvalue weighted by Crippen LogP contribution is -2.43. The lowest BCUT2D eigenvalue weighted by atomic mass is 9.88. The van der Waals surface area contributed by atoms with Crippen LogP contribution in [0.3, 0.4) is 0 Å². The Hall–Kier alpha value is -2.77. The number of carboxylic acids is 3. The van der Waals surface area contributed by atoms with Gasteiger partial charge in [-0.25, -0.2) is 14.4 Å². The second kappa shape index (κ2) is 30.2. The highest BCUT2D eigenvalue weighted by atomic mass is 16.5. The van der Waals surface area contributed by atoms with Gasteiger partial charge in [0.25, 0.3) is 0 Å². The number of hydrogen-bond acceptors (Lipinski definition) is 13. The summed E-state index contributed by atoms with van der Waals surface area (Å²) in [5, 5.41) is 103. The standard InChI is InChI=1S/C10H22O7.C6H14O3.3C3H4O2/c11-1-9(2-12,3-13)7-17-8-10(4-14,5-15)6-16;1-2-6(3-7,4-8)5-9;3*1-2-3(4)5/h11-16H,1-8H2;7-9H,2-5H2,1H3;3*2H,1H2,(H,4,5). The van der Waals surface area contributed by atoms with Gasteiger partial charge in [-0.2, -0.15) is 0 Å². The number of ether oxygens (including phenoxy) is 1. The van der Waals surface area contributed by atoms with Crippen LogP contribution in [0.5, 0.6) is 0 Å². The average Bonchev–Trinajstić information content (AvgIpc) is 3.00. The summed E-state index contributed by atoms with van der Waals surface area (Å²) in [5.41, 5.74) is -2.99. The Labute approximate surface area is 239 Å². The molecule has 0 aromatic carbocycles. The van der Waals surface area contributed by atoms with Crippen molar-refractivity contribution in [2.24, 2.45) is 16.2 Å². The predicted octanol–water partition coefficient (Wildman–Crippen LogP) is -2.94. The van der Waals surface area contributed by atoms with Crippen molar-refractivity contribution in [1.29, 1.82) is 0 Å². The highest BCUT2D eigenvalue weighted by Gasteiger charge is 2.32. The molecule has 0 fully saturated rings. The molecule has 0 aliphatic rings. The Morgan fingerprint density at radius 2 is 0.683 bits per heavy atom. The minimum atomic E-state index is -1.16. The largest absolute Gasteiger partial charge is 0.478 e. The number of carbonyl (C=O) groups is 3. The van der Waals surface area contributed by atoms with Gasteiger partial charge in [0.2, 0.25) is 0 Å². The van der Waals surface area contributed by atoms with Crippen molar-refractivity contribution in [2.75, 3.05) is 72.7 Å². The minimum absolute atomic E-state index is 0.141. The van der Waals surface area contributed by atoms with Crippen molar-refractivity contribution in [3.05, 3.63) is 38.0 Å². The van der Waals surface area contributed by atoms with E-state index < -0.39 is 73.8 Å². The first-order valence-corrected chi connectivity index (χ1v) is 11.7. The van der Waals surface area contributed by atoms with Gasteiger partial charge in [-0.05, 0) is 6.42 Å². The third-order valence-corrected chi connectivity index (χ3v) is 5.11. The minimum Gasteiger partial charge on any atom is -0.478 e. The van der Waals surface area contributed by atoms with Gasteiger partial charge in [0.15, 0.2) is 0 Å². The molecule has 0 rings (SSSR count). The van der Waals surface area contributed by atoms with E-state index in [9.17, 15) is 14.4 Å². The summed E-state index contributed by atoms with van der Waals surface area (Å²) in [6.07, 6.45) is 3.09. The van der Waals surface area contributed by atoms with Crippen LogP contribution >= 0.6 is 0 Å². The van der Waals surface area contributed by atoms with Gasteiger partial charge < -0.3 is 66.0 Å². The van der Waals surface area contributed by atoms with E-state index in [1.54, 1.807) is 0 Å². The first kappa shape index (κ1) is 48.0. The molecule has 41 heavy (non-hydrogen) atoms. The van der Waals surface area contributed by atoms with Gasteiger partial charge in [0.05, 0.1) is 83.5 Å². The van der Waals surface area contributed by atoms with Crippen molar-refractivity contribution < 1.29 is 80.4 Å². The zero-order chi connectivity index (χ0) is 33.5. The number of rotatable bonds is 17. The van der Waals surface area contributed by atoms with Crippen LogP contribution in [0.1, 0.15) is 13.3 Å². The molecule has 0 spiro atoms. The van der Waals surface area contributed by atoms with E-state index in [0.29, 0.717) is 6.42 Å². The van der Waals surface area contributed by atoms with Gasteiger partial charge >= 0.3 is 17.9 Å². The van der Waals surface area contributed by atoms with E-state index in [1.165, 1.54) is 0 Å². The fraction of sp³-hybridized carbons (Fsp3) is 0.640. The van der Waals surface area contributed by atoms with Crippen LogP contribution in [-0.2, 0) is 19.1 Å². The molecule has 0 atom stereocenters. The molecule has 0 amide bonds. The summed E-state index contributed by atoms with van der Waals surface area (Å²) in [6.45, 7) is 7.23. The fourth-order valence-corrected chi connectivity index (χ4v) is 1.54. The maximum atomic E-state index is 9.25. The van der Waals surface area contributed by atoms with Crippen molar-refractivity contribution in [3.63, 3.8) is 0 Å². The molecule has 244 valence electrons. The van der Waals surface area contributed by atoms with Crippen molar-refractivity contribution in [2.45, 2.75) is 13.3 Å². The number of aliphatic hydroxyl groups is 9. The molecule has 0 aliphatic carbocycles. The van der Waals surface area contributed by atoms with Gasteiger partial charge in [-0.1, -0.05) is 26.7 Å². The second-order valence-electron chi connectivity index (χ2n) is 8.40. The molecule has 0 aliphatic heterocycles. The smallest absolute Gasteiger partial charge is 0.327 e. The summed E-state index contributed by atoms with van der Waals surface area (Å²) in [5.74, 6) is -2.94. The van der Waals surface area contributed by atoms with Crippen LogP contribution in [0.2, 0.25) is 0 Å². The van der Waals surface area contributed by atoms with Gasteiger partial charge in [0.1, 0.15) is 0 Å². The average molecular weight is 605 g/mol. The molecular formula is C25H48O16. The molecular weight excluding hydrogens is 556 g/mol. The summed E-state index contributed by atoms with van der Waals surface area (Å²) in [7, 11) is 0. The molecule has 0 saturated carbocycles. The molecule has 16 nitrogen and oxygen atoms in total. The van der Waals surface area contributed by atoms with Gasteiger partial charge in [-0.15, -0.1) is 0 Å². The third-order valence-electron chi connectivity index (χ3n) is 5.11. The molecule has 0 saturated heterocycles. The highest BCUT2D eigenvalue weighted by molar-refractivity contribution is 5.79. The van der Waals surface area contributed by atoms with Crippen LogP contribution in [0.4, 0.5) is 0 Å². The lowest BCUT2D eigenvalue weighted by Gasteiger charge is -2.31. The van der Waals surface area contributed by atoms with E-state index in [4.69, 9.17) is 66.0 Å². The van der Waals surface area contributed by atoms with Crippen molar-refractivity contribution in [3.8, 4) is 0 Å². The highest BCUT2D eigenvalue weighted by Crippen LogP contribution is 2.20. The monoisotopic (exact) mass is 604 g/mol. The van der Waals surface area contributed by atoms with E-state index in [-0.39, 0.29) is 33.0 Å². The van der Waals surface area contributed by atoms with Crippen LogP contribution < -0.4 is 0 Å². The predicted molar refractivity (Wildman–Crippen MR) is 146 cm³/mol. The summed E-state index contributed by atoms with van der Waals surface area (Å²) < 4.78 is 5.15. The normalized spacial score (nSPS) is 10.4. The SMILES string of the molecule is C=CC(=O)O.C=CC(=O)O.C=CC(=O)O.CCC(CO)(CO)CO.OCC(CO)(CO)COCC(CO)(CO)CO. The molecule has 12 N–H and O–H groups in total. The Kier molecular flexibility index (Phi) is 35.3. The Morgan fingerprint density at radius 3 is 0.756 bits per heavy atom. The van der Waals surface area contributed by atoms with E-state index in [1.807, 2.05) is 6.92 Å². The zero-order valence-corrected chi connectivity index (χ0v) is 23.3. The molecule has 0 bridgehead atoms. The quantitative estimate of drug-likeness (QED) is 0.0739. The zero-order valence-electron chi connectivity index (χ0n) is 23.3. The lowest BCUT2D eigenvalue weighted by molar-refractivity contribution is -0.132. The number of aliphatic hydroxyl groups excluding tert-OH is 9. The third kappa shape index (κ3) is 27.2.